The van der Waals surface area contributed by atoms with Gasteiger partial charge in [-0.3, -0.25) is 9.78 Å². The molecule has 1 N–H and O–H groups in total. The minimum absolute atomic E-state index is 0.333. The van der Waals surface area contributed by atoms with Crippen molar-refractivity contribution in [3.8, 4) is 0 Å². The van der Waals surface area contributed by atoms with Crippen LogP contribution >= 0.6 is 0 Å². The fourth-order valence-electron chi connectivity index (χ4n) is 3.99. The number of esters is 1. The second-order valence-electron chi connectivity index (χ2n) is 6.92. The van der Waals surface area contributed by atoms with E-state index in [1.54, 1.807) is 17.1 Å². The number of fused-ring (bicyclic) bond motifs is 1. The maximum Gasteiger partial charge on any atom is 0.341 e. The predicted octanol–water partition coefficient (Wildman–Crippen LogP) is 2.56. The van der Waals surface area contributed by atoms with Gasteiger partial charge < -0.3 is 9.64 Å². The van der Waals surface area contributed by atoms with Gasteiger partial charge in [0.25, 0.3) is 0 Å². The van der Waals surface area contributed by atoms with Crippen LogP contribution in [0.5, 0.6) is 0 Å². The molecule has 0 spiro atoms. The number of aryl methyl sites for hydroxylation is 2. The van der Waals surface area contributed by atoms with Crippen LogP contribution in [0.1, 0.15) is 47.4 Å². The number of aromatic nitrogens is 5. The van der Waals surface area contributed by atoms with Gasteiger partial charge in [-0.2, -0.15) is 10.2 Å². The highest BCUT2D eigenvalue weighted by Crippen LogP contribution is 2.36. The summed E-state index contributed by atoms with van der Waals surface area (Å²) in [6.45, 7) is 5.81. The largest absolute Gasteiger partial charge is 0.462 e. The quantitative estimate of drug-likeness (QED) is 0.712. The highest BCUT2D eigenvalue weighted by molar-refractivity contribution is 6.05. The zero-order valence-electron chi connectivity index (χ0n) is 15.9. The van der Waals surface area contributed by atoms with Gasteiger partial charge in [0.05, 0.1) is 23.4 Å². The number of anilines is 1. The number of carbonyl (C=O) groups excluding carboxylic acids is 1. The van der Waals surface area contributed by atoms with Crippen LogP contribution in [0.25, 0.3) is 11.0 Å². The molecule has 0 atom stereocenters. The number of piperidine rings is 1. The Balaban J connectivity index is 1.73. The summed E-state index contributed by atoms with van der Waals surface area (Å²) in [6.07, 6.45) is 5.41. The molecule has 8 nitrogen and oxygen atoms in total. The highest BCUT2D eigenvalue weighted by Gasteiger charge is 2.28. The first-order valence-electron chi connectivity index (χ1n) is 9.33. The second kappa shape index (κ2) is 7.02. The van der Waals surface area contributed by atoms with E-state index in [1.165, 1.54) is 5.69 Å². The van der Waals surface area contributed by atoms with Crippen molar-refractivity contribution in [1.29, 1.82) is 0 Å². The van der Waals surface area contributed by atoms with E-state index >= 15 is 0 Å². The molecule has 0 unspecified atom stereocenters. The summed E-state index contributed by atoms with van der Waals surface area (Å²) >= 11 is 0. The third-order valence-electron chi connectivity index (χ3n) is 5.27. The lowest BCUT2D eigenvalue weighted by molar-refractivity contribution is 0.0526. The SMILES string of the molecule is CCOC(=O)c1cnc2c(c(C)nn2C)c1N1CCC(c2ccn[nH]2)CC1. The van der Waals surface area contributed by atoms with Crippen LogP contribution in [0.15, 0.2) is 18.5 Å². The van der Waals surface area contributed by atoms with E-state index in [4.69, 9.17) is 4.74 Å². The van der Waals surface area contributed by atoms with Gasteiger partial charge in [0, 0.05) is 44.1 Å². The molecule has 142 valence electrons. The Morgan fingerprint density at radius 2 is 2.15 bits per heavy atom. The van der Waals surface area contributed by atoms with Crippen LogP contribution in [-0.2, 0) is 11.8 Å². The van der Waals surface area contributed by atoms with Crippen molar-refractivity contribution < 1.29 is 9.53 Å². The van der Waals surface area contributed by atoms with Crippen molar-refractivity contribution in [2.45, 2.75) is 32.6 Å². The Kier molecular flexibility index (Phi) is 4.55. The van der Waals surface area contributed by atoms with Gasteiger partial charge in [-0.1, -0.05) is 0 Å². The minimum atomic E-state index is -0.333. The molecule has 1 fully saturated rings. The molecule has 0 radical (unpaired) electrons. The molecule has 3 aromatic rings. The normalized spacial score (nSPS) is 15.4. The minimum Gasteiger partial charge on any atom is -0.462 e. The number of H-pyrrole nitrogens is 1. The molecular weight excluding hydrogens is 344 g/mol. The molecule has 27 heavy (non-hydrogen) atoms. The number of hydrogen-bond acceptors (Lipinski definition) is 6. The van der Waals surface area contributed by atoms with Crippen molar-refractivity contribution >= 4 is 22.7 Å². The Bertz CT molecular complexity index is 954. The summed E-state index contributed by atoms with van der Waals surface area (Å²) in [5, 5.41) is 12.6. The molecule has 1 saturated heterocycles. The Labute approximate surface area is 157 Å². The lowest BCUT2D eigenvalue weighted by atomic mass is 9.93. The van der Waals surface area contributed by atoms with E-state index in [1.807, 2.05) is 27.0 Å². The van der Waals surface area contributed by atoms with E-state index in [0.29, 0.717) is 18.1 Å². The number of nitrogens with zero attached hydrogens (tertiary/aromatic N) is 5. The van der Waals surface area contributed by atoms with Crippen LogP contribution < -0.4 is 4.90 Å². The van der Waals surface area contributed by atoms with Crippen molar-refractivity contribution in [2.24, 2.45) is 7.05 Å². The lowest BCUT2D eigenvalue weighted by Gasteiger charge is -2.34. The molecule has 3 aromatic heterocycles. The zero-order chi connectivity index (χ0) is 19.0. The van der Waals surface area contributed by atoms with Gasteiger partial charge in [0.2, 0.25) is 0 Å². The average molecular weight is 368 g/mol. The smallest absolute Gasteiger partial charge is 0.341 e. The Hall–Kier alpha value is -2.90. The molecule has 0 saturated carbocycles. The van der Waals surface area contributed by atoms with Gasteiger partial charge in [0.1, 0.15) is 5.56 Å². The van der Waals surface area contributed by atoms with Crippen LogP contribution in [0.4, 0.5) is 5.69 Å². The first-order valence-corrected chi connectivity index (χ1v) is 9.33. The van der Waals surface area contributed by atoms with Crippen LogP contribution in [-0.4, -0.2) is 50.6 Å². The summed E-state index contributed by atoms with van der Waals surface area (Å²) in [4.78, 5) is 19.3. The first kappa shape index (κ1) is 17.5. The van der Waals surface area contributed by atoms with Gasteiger partial charge in [-0.05, 0) is 32.8 Å². The number of hydrogen-bond donors (Lipinski definition) is 1. The number of carbonyl (C=O) groups is 1. The van der Waals surface area contributed by atoms with E-state index in [-0.39, 0.29) is 5.97 Å². The van der Waals surface area contributed by atoms with Gasteiger partial charge >= 0.3 is 5.97 Å². The van der Waals surface area contributed by atoms with Crippen molar-refractivity contribution in [3.63, 3.8) is 0 Å². The number of aromatic amines is 1. The Morgan fingerprint density at radius 1 is 1.37 bits per heavy atom. The molecule has 8 heteroatoms. The first-order chi connectivity index (χ1) is 13.1. The summed E-state index contributed by atoms with van der Waals surface area (Å²) < 4.78 is 7.05. The summed E-state index contributed by atoms with van der Waals surface area (Å²) in [5.74, 6) is 0.128. The van der Waals surface area contributed by atoms with Crippen molar-refractivity contribution in [2.75, 3.05) is 24.6 Å². The van der Waals surface area contributed by atoms with E-state index < -0.39 is 0 Å². The van der Waals surface area contributed by atoms with Crippen LogP contribution in [0.2, 0.25) is 0 Å². The molecular formula is C19H24N6O2. The fraction of sp³-hybridized carbons (Fsp3) is 0.474. The van der Waals surface area contributed by atoms with Gasteiger partial charge in [-0.15, -0.1) is 0 Å². The summed E-state index contributed by atoms with van der Waals surface area (Å²) in [7, 11) is 1.88. The third kappa shape index (κ3) is 3.05. The number of pyridine rings is 1. The van der Waals surface area contributed by atoms with Crippen LogP contribution in [0.3, 0.4) is 0 Å². The maximum atomic E-state index is 12.6. The number of ether oxygens (including phenoxy) is 1. The summed E-state index contributed by atoms with van der Waals surface area (Å²) in [6, 6.07) is 2.04. The molecule has 0 aliphatic carbocycles. The highest BCUT2D eigenvalue weighted by atomic mass is 16.5. The third-order valence-corrected chi connectivity index (χ3v) is 5.27. The number of rotatable bonds is 4. The molecule has 0 bridgehead atoms. The molecule has 0 aromatic carbocycles. The Morgan fingerprint density at radius 3 is 2.81 bits per heavy atom. The average Bonchev–Trinajstić information content (AvgIpc) is 3.30. The fourth-order valence-corrected chi connectivity index (χ4v) is 3.99. The number of nitrogens with one attached hydrogen (secondary N) is 1. The van der Waals surface area contributed by atoms with E-state index in [0.717, 1.165) is 48.3 Å². The molecule has 1 aliphatic heterocycles. The van der Waals surface area contributed by atoms with Gasteiger partial charge in [-0.25, -0.2) is 9.78 Å². The second-order valence-corrected chi connectivity index (χ2v) is 6.92. The van der Waals surface area contributed by atoms with Gasteiger partial charge in [0.15, 0.2) is 5.65 Å². The lowest BCUT2D eigenvalue weighted by Crippen LogP contribution is -2.34. The topological polar surface area (TPSA) is 88.9 Å². The van der Waals surface area contributed by atoms with Crippen molar-refractivity contribution in [1.82, 2.24) is 25.0 Å². The molecule has 0 amide bonds. The van der Waals surface area contributed by atoms with Crippen molar-refractivity contribution in [3.05, 3.63) is 35.4 Å². The molecule has 4 rings (SSSR count). The maximum absolute atomic E-state index is 12.6. The van der Waals surface area contributed by atoms with Crippen LogP contribution in [0, 0.1) is 6.92 Å². The predicted molar refractivity (Wildman–Crippen MR) is 102 cm³/mol. The van der Waals surface area contributed by atoms with E-state index in [9.17, 15) is 4.79 Å². The standard InChI is InChI=1S/C19H24N6O2/c1-4-27-19(26)14-11-20-18-16(12(2)23-24(18)3)17(14)25-9-6-13(7-10-25)15-5-8-21-22-15/h5,8,11,13H,4,6-7,9-10H2,1-3H3,(H,21,22). The summed E-state index contributed by atoms with van der Waals surface area (Å²) in [5.41, 5.74) is 4.24. The monoisotopic (exact) mass is 368 g/mol. The zero-order valence-corrected chi connectivity index (χ0v) is 15.9. The van der Waals surface area contributed by atoms with E-state index in [2.05, 4.69) is 25.2 Å². The molecule has 4 heterocycles. The molecule has 1 aliphatic rings.